The van der Waals surface area contributed by atoms with Crippen molar-refractivity contribution in [3.05, 3.63) is 24.3 Å². The molecule has 2 bridgehead atoms. The second kappa shape index (κ2) is 5.02. The predicted molar refractivity (Wildman–Crippen MR) is 78.7 cm³/mol. The molecule has 0 N–H and O–H groups in total. The third kappa shape index (κ3) is 2.22. The second-order valence-electron chi connectivity index (χ2n) is 6.61. The first-order valence-electron chi connectivity index (χ1n) is 7.42. The number of fused-ring (bicyclic) bond motifs is 2. The first kappa shape index (κ1) is 14.4. The summed E-state index contributed by atoms with van der Waals surface area (Å²) in [6.07, 6.45) is 3.10. The van der Waals surface area contributed by atoms with Crippen LogP contribution < -0.4 is 9.47 Å². The van der Waals surface area contributed by atoms with Crippen LogP contribution in [0, 0.1) is 11.3 Å². The number of carbonyl (C=O) groups is 1. The summed E-state index contributed by atoms with van der Waals surface area (Å²) < 4.78 is 17.2. The number of carbonyl (C=O) groups excluding carboxylic acids is 1. The van der Waals surface area contributed by atoms with Crippen molar-refractivity contribution in [3.63, 3.8) is 0 Å². The van der Waals surface area contributed by atoms with Crippen molar-refractivity contribution in [2.45, 2.75) is 38.4 Å². The van der Waals surface area contributed by atoms with E-state index in [1.807, 2.05) is 24.3 Å². The van der Waals surface area contributed by atoms with Gasteiger partial charge in [0.1, 0.15) is 30.0 Å². The van der Waals surface area contributed by atoms with E-state index in [1.165, 1.54) is 0 Å². The summed E-state index contributed by atoms with van der Waals surface area (Å²) in [5.41, 5.74) is -0.570. The SMILES string of the molecule is COc1ccc(OC[C@@]23CC[C@@H](O2)C(C)(C)[C@@H]3C=O)cc1. The van der Waals surface area contributed by atoms with Crippen LogP contribution in [-0.4, -0.2) is 31.7 Å². The quantitative estimate of drug-likeness (QED) is 0.782. The molecule has 21 heavy (non-hydrogen) atoms. The number of ether oxygens (including phenoxy) is 3. The zero-order valence-electron chi connectivity index (χ0n) is 12.8. The fourth-order valence-electron chi connectivity index (χ4n) is 3.78. The van der Waals surface area contributed by atoms with Crippen LogP contribution in [0.3, 0.4) is 0 Å². The van der Waals surface area contributed by atoms with Crippen molar-refractivity contribution in [1.82, 2.24) is 0 Å². The molecule has 0 unspecified atom stereocenters. The maximum absolute atomic E-state index is 11.6. The minimum absolute atomic E-state index is 0.108. The first-order chi connectivity index (χ1) is 10.0. The first-order valence-corrected chi connectivity index (χ1v) is 7.42. The monoisotopic (exact) mass is 290 g/mol. The van der Waals surface area contributed by atoms with Crippen molar-refractivity contribution in [2.24, 2.45) is 11.3 Å². The Morgan fingerprint density at radius 2 is 1.95 bits per heavy atom. The van der Waals surface area contributed by atoms with Gasteiger partial charge in [-0.25, -0.2) is 0 Å². The van der Waals surface area contributed by atoms with Crippen molar-refractivity contribution in [2.75, 3.05) is 13.7 Å². The summed E-state index contributed by atoms with van der Waals surface area (Å²) in [5.74, 6) is 1.46. The van der Waals surface area contributed by atoms with E-state index in [0.29, 0.717) is 6.61 Å². The molecule has 0 saturated carbocycles. The fourth-order valence-corrected chi connectivity index (χ4v) is 3.78. The number of aldehydes is 1. The third-order valence-corrected chi connectivity index (χ3v) is 5.08. The van der Waals surface area contributed by atoms with Crippen LogP contribution in [0.15, 0.2) is 24.3 Å². The molecule has 4 nitrogen and oxygen atoms in total. The molecule has 2 heterocycles. The van der Waals surface area contributed by atoms with Crippen LogP contribution in [0.2, 0.25) is 0 Å². The lowest BCUT2D eigenvalue weighted by molar-refractivity contribution is -0.120. The van der Waals surface area contributed by atoms with Crippen LogP contribution in [-0.2, 0) is 9.53 Å². The van der Waals surface area contributed by atoms with Gasteiger partial charge in [-0.05, 0) is 37.1 Å². The zero-order valence-corrected chi connectivity index (χ0v) is 12.8. The zero-order chi connectivity index (χ0) is 15.1. The Labute approximate surface area is 125 Å². The molecule has 2 aliphatic heterocycles. The van der Waals surface area contributed by atoms with Crippen molar-refractivity contribution in [3.8, 4) is 11.5 Å². The minimum atomic E-state index is -0.462. The molecule has 0 amide bonds. The number of rotatable bonds is 5. The summed E-state index contributed by atoms with van der Waals surface area (Å²) in [6.45, 7) is 4.65. The molecule has 2 fully saturated rings. The topological polar surface area (TPSA) is 44.8 Å². The number of benzene rings is 1. The summed E-state index contributed by atoms with van der Waals surface area (Å²) >= 11 is 0. The summed E-state index contributed by atoms with van der Waals surface area (Å²) in [6, 6.07) is 7.47. The average molecular weight is 290 g/mol. The Hall–Kier alpha value is -1.55. The van der Waals surface area contributed by atoms with E-state index in [0.717, 1.165) is 30.6 Å². The minimum Gasteiger partial charge on any atom is -0.497 e. The van der Waals surface area contributed by atoms with Gasteiger partial charge in [0.15, 0.2) is 0 Å². The van der Waals surface area contributed by atoms with E-state index in [1.54, 1.807) is 7.11 Å². The molecular weight excluding hydrogens is 268 g/mol. The molecule has 114 valence electrons. The van der Waals surface area contributed by atoms with Crippen LogP contribution in [0.4, 0.5) is 0 Å². The molecule has 0 radical (unpaired) electrons. The molecule has 4 heteroatoms. The molecule has 3 rings (SSSR count). The van der Waals surface area contributed by atoms with Crippen LogP contribution in [0.25, 0.3) is 0 Å². The van der Waals surface area contributed by atoms with Gasteiger partial charge in [0.25, 0.3) is 0 Å². The molecular formula is C17H22O4. The highest BCUT2D eigenvalue weighted by Gasteiger charge is 2.63. The molecule has 0 aliphatic carbocycles. The van der Waals surface area contributed by atoms with Crippen LogP contribution in [0.1, 0.15) is 26.7 Å². The van der Waals surface area contributed by atoms with Gasteiger partial charge in [-0.1, -0.05) is 13.8 Å². The Morgan fingerprint density at radius 1 is 1.29 bits per heavy atom. The van der Waals surface area contributed by atoms with Crippen molar-refractivity contribution >= 4 is 6.29 Å². The smallest absolute Gasteiger partial charge is 0.126 e. The lowest BCUT2D eigenvalue weighted by Crippen LogP contribution is -2.47. The maximum atomic E-state index is 11.6. The Morgan fingerprint density at radius 3 is 2.57 bits per heavy atom. The number of methoxy groups -OCH3 is 1. The lowest BCUT2D eigenvalue weighted by atomic mass is 9.64. The average Bonchev–Trinajstić information content (AvgIpc) is 3.00. The number of hydrogen-bond donors (Lipinski definition) is 0. The standard InChI is InChI=1S/C17H22O4/c1-16(2)14(10-18)17(9-8-15(16)21-17)11-20-13-6-4-12(19-3)5-7-13/h4-7,10,14-15H,8-9,11H2,1-3H3/t14-,15+,17+/m0/s1. The van der Waals surface area contributed by atoms with Crippen molar-refractivity contribution < 1.29 is 19.0 Å². The normalized spacial score (nSPS) is 32.9. The van der Waals surface area contributed by atoms with E-state index in [4.69, 9.17) is 14.2 Å². The molecule has 2 saturated heterocycles. The second-order valence-corrected chi connectivity index (χ2v) is 6.61. The lowest BCUT2D eigenvalue weighted by Gasteiger charge is -2.37. The van der Waals surface area contributed by atoms with Gasteiger partial charge >= 0.3 is 0 Å². The fraction of sp³-hybridized carbons (Fsp3) is 0.588. The van der Waals surface area contributed by atoms with Gasteiger partial charge in [0.2, 0.25) is 0 Å². The van der Waals surface area contributed by atoms with Crippen LogP contribution in [0.5, 0.6) is 11.5 Å². The number of hydrogen-bond acceptors (Lipinski definition) is 4. The molecule has 1 aromatic rings. The van der Waals surface area contributed by atoms with Crippen LogP contribution >= 0.6 is 0 Å². The molecule has 0 spiro atoms. The Bertz CT molecular complexity index is 522. The highest BCUT2D eigenvalue weighted by atomic mass is 16.6. The Balaban J connectivity index is 1.73. The van der Waals surface area contributed by atoms with Gasteiger partial charge in [-0.2, -0.15) is 0 Å². The summed E-state index contributed by atoms with van der Waals surface area (Å²) in [7, 11) is 1.64. The van der Waals surface area contributed by atoms with E-state index >= 15 is 0 Å². The molecule has 1 aromatic carbocycles. The van der Waals surface area contributed by atoms with Crippen molar-refractivity contribution in [1.29, 1.82) is 0 Å². The third-order valence-electron chi connectivity index (χ3n) is 5.08. The summed E-state index contributed by atoms with van der Waals surface area (Å²) in [5, 5.41) is 0. The van der Waals surface area contributed by atoms with Gasteiger partial charge < -0.3 is 19.0 Å². The van der Waals surface area contributed by atoms with E-state index in [2.05, 4.69) is 13.8 Å². The Kier molecular flexibility index (Phi) is 3.44. The molecule has 3 atom stereocenters. The largest absolute Gasteiger partial charge is 0.497 e. The molecule has 0 aromatic heterocycles. The maximum Gasteiger partial charge on any atom is 0.126 e. The van der Waals surface area contributed by atoms with Gasteiger partial charge in [0, 0.05) is 5.41 Å². The predicted octanol–water partition coefficient (Wildman–Crippen LogP) is 2.85. The highest BCUT2D eigenvalue weighted by molar-refractivity contribution is 5.59. The van der Waals surface area contributed by atoms with Gasteiger partial charge in [0.05, 0.1) is 19.1 Å². The highest BCUT2D eigenvalue weighted by Crippen LogP contribution is 2.57. The van der Waals surface area contributed by atoms with Gasteiger partial charge in [-0.3, -0.25) is 0 Å². The van der Waals surface area contributed by atoms with E-state index < -0.39 is 5.60 Å². The summed E-state index contributed by atoms with van der Waals surface area (Å²) in [4.78, 5) is 11.6. The van der Waals surface area contributed by atoms with E-state index in [-0.39, 0.29) is 17.4 Å². The van der Waals surface area contributed by atoms with E-state index in [9.17, 15) is 4.79 Å². The van der Waals surface area contributed by atoms with Gasteiger partial charge in [-0.15, -0.1) is 0 Å². The molecule has 2 aliphatic rings.